The molecule has 0 amide bonds. The first-order valence-electron chi connectivity index (χ1n) is 5.75. The molecule has 0 heterocycles. The van der Waals surface area contributed by atoms with E-state index in [0.717, 1.165) is 18.2 Å². The second-order valence-electron chi connectivity index (χ2n) is 4.04. The third-order valence-corrected chi connectivity index (χ3v) is 2.64. The van der Waals surface area contributed by atoms with Crippen LogP contribution in [0, 0.1) is 11.6 Å². The van der Waals surface area contributed by atoms with Gasteiger partial charge in [0.15, 0.2) is 5.84 Å². The van der Waals surface area contributed by atoms with Crippen molar-refractivity contribution in [1.29, 1.82) is 0 Å². The second-order valence-corrected chi connectivity index (χ2v) is 4.04. The summed E-state index contributed by atoms with van der Waals surface area (Å²) in [6.45, 7) is -0.122. The molecule has 0 bridgehead atoms. The molecule has 0 spiro atoms. The minimum Gasteiger partial charge on any atom is -0.489 e. The number of nitrogens with zero attached hydrogens (tertiary/aromatic N) is 1. The summed E-state index contributed by atoms with van der Waals surface area (Å²) in [5, 5.41) is 11.5. The SMILES string of the molecule is N/C(=N/O)c1cccc(OCc2cc(F)ccc2F)c1. The van der Waals surface area contributed by atoms with Gasteiger partial charge in [-0.3, -0.25) is 0 Å². The number of hydrogen-bond donors (Lipinski definition) is 2. The summed E-state index contributed by atoms with van der Waals surface area (Å²) in [7, 11) is 0. The van der Waals surface area contributed by atoms with Crippen molar-refractivity contribution in [1.82, 2.24) is 0 Å². The largest absolute Gasteiger partial charge is 0.489 e. The topological polar surface area (TPSA) is 67.8 Å². The third-order valence-electron chi connectivity index (χ3n) is 2.64. The molecule has 3 N–H and O–H groups in total. The van der Waals surface area contributed by atoms with E-state index in [9.17, 15) is 8.78 Å². The van der Waals surface area contributed by atoms with E-state index in [-0.39, 0.29) is 18.0 Å². The van der Waals surface area contributed by atoms with Crippen molar-refractivity contribution < 1.29 is 18.7 Å². The van der Waals surface area contributed by atoms with E-state index in [1.54, 1.807) is 18.2 Å². The van der Waals surface area contributed by atoms with Gasteiger partial charge in [-0.15, -0.1) is 0 Å². The highest BCUT2D eigenvalue weighted by Crippen LogP contribution is 2.17. The predicted octanol–water partition coefficient (Wildman–Crippen LogP) is 2.64. The van der Waals surface area contributed by atoms with Crippen molar-refractivity contribution in [3.63, 3.8) is 0 Å². The standard InChI is InChI=1S/C14H12F2N2O2/c15-11-4-5-13(16)10(6-11)8-20-12-3-1-2-9(7-12)14(17)18-19/h1-7,19H,8H2,(H2,17,18). The van der Waals surface area contributed by atoms with Crippen LogP contribution in [0.3, 0.4) is 0 Å². The van der Waals surface area contributed by atoms with E-state index in [1.807, 2.05) is 0 Å². The van der Waals surface area contributed by atoms with Gasteiger partial charge in [0.2, 0.25) is 0 Å². The molecular weight excluding hydrogens is 266 g/mol. The van der Waals surface area contributed by atoms with Gasteiger partial charge in [0.25, 0.3) is 0 Å². The monoisotopic (exact) mass is 278 g/mol. The predicted molar refractivity (Wildman–Crippen MR) is 69.6 cm³/mol. The van der Waals surface area contributed by atoms with Crippen LogP contribution >= 0.6 is 0 Å². The molecule has 20 heavy (non-hydrogen) atoms. The summed E-state index contributed by atoms with van der Waals surface area (Å²) in [6.07, 6.45) is 0. The first-order chi connectivity index (χ1) is 9.60. The van der Waals surface area contributed by atoms with Crippen LogP contribution in [0.4, 0.5) is 8.78 Å². The maximum atomic E-state index is 13.4. The van der Waals surface area contributed by atoms with Crippen molar-refractivity contribution in [3.8, 4) is 5.75 Å². The van der Waals surface area contributed by atoms with Gasteiger partial charge in [0.05, 0.1) is 0 Å². The average Bonchev–Trinajstić information content (AvgIpc) is 2.47. The lowest BCUT2D eigenvalue weighted by atomic mass is 10.2. The summed E-state index contributed by atoms with van der Waals surface area (Å²) in [4.78, 5) is 0. The molecule has 0 saturated heterocycles. The number of ether oxygens (including phenoxy) is 1. The van der Waals surface area contributed by atoms with E-state index < -0.39 is 11.6 Å². The highest BCUT2D eigenvalue weighted by Gasteiger charge is 2.06. The molecular formula is C14H12F2N2O2. The lowest BCUT2D eigenvalue weighted by Gasteiger charge is -2.08. The second kappa shape index (κ2) is 6.01. The molecule has 6 heteroatoms. The summed E-state index contributed by atoms with van der Waals surface area (Å²) in [5.41, 5.74) is 6.02. The zero-order valence-electron chi connectivity index (χ0n) is 10.4. The number of oxime groups is 1. The minimum atomic E-state index is -0.543. The Morgan fingerprint density at radius 2 is 2.00 bits per heavy atom. The number of amidine groups is 1. The van der Waals surface area contributed by atoms with E-state index in [0.29, 0.717) is 11.3 Å². The fourth-order valence-electron chi connectivity index (χ4n) is 1.62. The zero-order valence-corrected chi connectivity index (χ0v) is 10.4. The van der Waals surface area contributed by atoms with Gasteiger partial charge in [-0.2, -0.15) is 0 Å². The number of rotatable bonds is 4. The molecule has 0 radical (unpaired) electrons. The zero-order chi connectivity index (χ0) is 14.5. The van der Waals surface area contributed by atoms with Gasteiger partial charge in [-0.25, -0.2) is 8.78 Å². The average molecular weight is 278 g/mol. The number of halogens is 2. The van der Waals surface area contributed by atoms with Crippen molar-refractivity contribution in [3.05, 3.63) is 65.2 Å². The molecule has 0 fully saturated rings. The maximum Gasteiger partial charge on any atom is 0.170 e. The smallest absolute Gasteiger partial charge is 0.170 e. The fourth-order valence-corrected chi connectivity index (χ4v) is 1.62. The molecule has 2 rings (SSSR count). The Labute approximate surface area is 114 Å². The Hall–Kier alpha value is -2.63. The first kappa shape index (κ1) is 13.8. The van der Waals surface area contributed by atoms with Crippen LogP contribution in [-0.4, -0.2) is 11.0 Å². The third kappa shape index (κ3) is 3.23. The number of hydrogen-bond acceptors (Lipinski definition) is 3. The molecule has 0 unspecified atom stereocenters. The normalized spacial score (nSPS) is 11.4. The van der Waals surface area contributed by atoms with Crippen LogP contribution in [-0.2, 0) is 6.61 Å². The fraction of sp³-hybridized carbons (Fsp3) is 0.0714. The van der Waals surface area contributed by atoms with E-state index in [1.165, 1.54) is 6.07 Å². The van der Waals surface area contributed by atoms with Gasteiger partial charge in [0, 0.05) is 11.1 Å². The van der Waals surface area contributed by atoms with Crippen LogP contribution in [0.15, 0.2) is 47.6 Å². The Morgan fingerprint density at radius 1 is 1.20 bits per heavy atom. The highest BCUT2D eigenvalue weighted by molar-refractivity contribution is 5.97. The molecule has 2 aromatic rings. The minimum absolute atomic E-state index is 0.0626. The van der Waals surface area contributed by atoms with Crippen molar-refractivity contribution in [2.45, 2.75) is 6.61 Å². The molecule has 104 valence electrons. The Balaban J connectivity index is 2.13. The van der Waals surface area contributed by atoms with E-state index >= 15 is 0 Å². The van der Waals surface area contributed by atoms with Crippen LogP contribution in [0.5, 0.6) is 5.75 Å². The highest BCUT2D eigenvalue weighted by atomic mass is 19.1. The first-order valence-corrected chi connectivity index (χ1v) is 5.75. The summed E-state index contributed by atoms with van der Waals surface area (Å²) in [5.74, 6) is -0.737. The van der Waals surface area contributed by atoms with Gasteiger partial charge in [-0.05, 0) is 30.3 Å². The van der Waals surface area contributed by atoms with Crippen LogP contribution in [0.1, 0.15) is 11.1 Å². The van der Waals surface area contributed by atoms with Gasteiger partial charge in [-0.1, -0.05) is 17.3 Å². The van der Waals surface area contributed by atoms with E-state index in [4.69, 9.17) is 15.7 Å². The number of nitrogens with two attached hydrogens (primary N) is 1. The van der Waals surface area contributed by atoms with Crippen LogP contribution in [0.2, 0.25) is 0 Å². The van der Waals surface area contributed by atoms with Gasteiger partial charge in [0.1, 0.15) is 24.0 Å². The summed E-state index contributed by atoms with van der Waals surface area (Å²) >= 11 is 0. The van der Waals surface area contributed by atoms with Crippen molar-refractivity contribution in [2.75, 3.05) is 0 Å². The molecule has 0 atom stereocenters. The molecule has 0 saturated carbocycles. The van der Waals surface area contributed by atoms with Gasteiger partial charge < -0.3 is 15.7 Å². The molecule has 0 aliphatic carbocycles. The molecule has 0 aliphatic heterocycles. The maximum absolute atomic E-state index is 13.4. The van der Waals surface area contributed by atoms with Crippen LogP contribution < -0.4 is 10.5 Å². The van der Waals surface area contributed by atoms with E-state index in [2.05, 4.69) is 5.16 Å². The lowest BCUT2D eigenvalue weighted by Crippen LogP contribution is -2.13. The Morgan fingerprint density at radius 3 is 2.75 bits per heavy atom. The quantitative estimate of drug-likeness (QED) is 0.391. The Bertz CT molecular complexity index is 645. The van der Waals surface area contributed by atoms with Crippen molar-refractivity contribution >= 4 is 5.84 Å². The van der Waals surface area contributed by atoms with Gasteiger partial charge >= 0.3 is 0 Å². The molecule has 4 nitrogen and oxygen atoms in total. The number of benzene rings is 2. The molecule has 0 aromatic heterocycles. The van der Waals surface area contributed by atoms with Crippen LogP contribution in [0.25, 0.3) is 0 Å². The summed E-state index contributed by atoms with van der Waals surface area (Å²) in [6, 6.07) is 9.59. The Kier molecular flexibility index (Phi) is 4.14. The lowest BCUT2D eigenvalue weighted by molar-refractivity contribution is 0.299. The summed E-state index contributed by atoms with van der Waals surface area (Å²) < 4.78 is 31.8. The molecule has 2 aromatic carbocycles. The van der Waals surface area contributed by atoms with Crippen molar-refractivity contribution in [2.24, 2.45) is 10.9 Å². The molecule has 0 aliphatic rings.